The molecule has 1 aliphatic carbocycles. The van der Waals surface area contributed by atoms with Crippen LogP contribution in [0.2, 0.25) is 0 Å². The molecule has 0 radical (unpaired) electrons. The van der Waals surface area contributed by atoms with E-state index in [0.29, 0.717) is 17.7 Å². The van der Waals surface area contributed by atoms with Crippen molar-refractivity contribution in [3.8, 4) is 0 Å². The van der Waals surface area contributed by atoms with Crippen LogP contribution in [0, 0.1) is 17.8 Å². The first-order valence-electron chi connectivity index (χ1n) is 13.1. The summed E-state index contributed by atoms with van der Waals surface area (Å²) in [5, 5.41) is 1.33. The smallest absolute Gasteiger partial charge is 0.226 e. The molecule has 1 N–H and O–H groups in total. The lowest BCUT2D eigenvalue weighted by Crippen LogP contribution is -2.46. The van der Waals surface area contributed by atoms with E-state index >= 15 is 0 Å². The summed E-state index contributed by atoms with van der Waals surface area (Å²) in [5.74, 6) is 1.65. The van der Waals surface area contributed by atoms with Crippen LogP contribution < -0.4 is 0 Å². The van der Waals surface area contributed by atoms with Crippen molar-refractivity contribution in [2.24, 2.45) is 17.8 Å². The molecule has 2 heterocycles. The average molecular weight is 458 g/mol. The van der Waals surface area contributed by atoms with E-state index in [1.54, 1.807) is 0 Å². The quantitative estimate of drug-likeness (QED) is 0.479. The van der Waals surface area contributed by atoms with Crippen molar-refractivity contribution in [2.45, 2.75) is 58.5 Å². The normalized spacial score (nSPS) is 23.0. The molecule has 1 aromatic heterocycles. The number of benzene rings is 2. The number of nitrogens with one attached hydrogen (secondary N) is 1. The molecule has 1 fully saturated rings. The Morgan fingerprint density at radius 2 is 1.74 bits per heavy atom. The van der Waals surface area contributed by atoms with Crippen LogP contribution in [-0.2, 0) is 17.8 Å². The maximum absolute atomic E-state index is 13.8. The molecule has 4 nitrogen and oxygen atoms in total. The number of fused-ring (bicyclic) bond motifs is 3. The number of rotatable bonds is 6. The van der Waals surface area contributed by atoms with Gasteiger partial charge >= 0.3 is 0 Å². The molecule has 2 aromatic carbocycles. The molecule has 1 unspecified atom stereocenters. The summed E-state index contributed by atoms with van der Waals surface area (Å²) in [6.45, 7) is 7.47. The van der Waals surface area contributed by atoms with Gasteiger partial charge in [-0.3, -0.25) is 4.79 Å². The number of hydrogen-bond donors (Lipinski definition) is 1. The van der Waals surface area contributed by atoms with Gasteiger partial charge in [0.1, 0.15) is 0 Å². The summed E-state index contributed by atoms with van der Waals surface area (Å²) in [5.41, 5.74) is 5.26. The average Bonchev–Trinajstić information content (AvgIpc) is 3.22. The number of amides is 1. The monoisotopic (exact) mass is 457 g/mol. The van der Waals surface area contributed by atoms with Crippen molar-refractivity contribution < 1.29 is 4.79 Å². The predicted octanol–water partition coefficient (Wildman–Crippen LogP) is 6.19. The van der Waals surface area contributed by atoms with Gasteiger partial charge in [0.25, 0.3) is 0 Å². The fourth-order valence-corrected chi connectivity index (χ4v) is 6.44. The molecule has 1 aliphatic heterocycles. The van der Waals surface area contributed by atoms with E-state index in [1.807, 2.05) is 0 Å². The Morgan fingerprint density at radius 3 is 2.47 bits per heavy atom. The maximum Gasteiger partial charge on any atom is 0.226 e. The molecule has 4 heteroatoms. The highest BCUT2D eigenvalue weighted by molar-refractivity contribution is 5.86. The Morgan fingerprint density at radius 1 is 1.03 bits per heavy atom. The van der Waals surface area contributed by atoms with Crippen LogP contribution in [-0.4, -0.2) is 40.8 Å². The van der Waals surface area contributed by atoms with Gasteiger partial charge in [0, 0.05) is 42.1 Å². The molecule has 1 atom stereocenters. The summed E-state index contributed by atoms with van der Waals surface area (Å²) in [6, 6.07) is 19.5. The Hall–Kier alpha value is -2.59. The molecule has 180 valence electrons. The lowest BCUT2D eigenvalue weighted by Gasteiger charge is -2.41. The van der Waals surface area contributed by atoms with Crippen LogP contribution in [0.4, 0.5) is 0 Å². The summed E-state index contributed by atoms with van der Waals surface area (Å²) in [7, 11) is 2.23. The Bertz CT molecular complexity index is 1110. The lowest BCUT2D eigenvalue weighted by molar-refractivity contribution is -0.141. The number of carbonyl (C=O) groups excluding carboxylic acids is 1. The van der Waals surface area contributed by atoms with Gasteiger partial charge in [-0.05, 0) is 68.2 Å². The van der Waals surface area contributed by atoms with Crippen molar-refractivity contribution in [2.75, 3.05) is 20.1 Å². The third kappa shape index (κ3) is 4.65. The van der Waals surface area contributed by atoms with Crippen molar-refractivity contribution >= 4 is 16.8 Å². The zero-order chi connectivity index (χ0) is 23.7. The standard InChI is InChI=1S/C30H39N3O/c1-21(2)29-28-26(25-11-7-8-12-27(25)31-28)17-18-33(29)30(34)24-15-13-23(14-16-24)20-32(3)19-22-9-5-4-6-10-22/h4-12,21,23-24,29,31H,13-20H2,1-3H3/t23-,24-,29?. The van der Waals surface area contributed by atoms with E-state index < -0.39 is 0 Å². The van der Waals surface area contributed by atoms with E-state index in [4.69, 9.17) is 0 Å². The summed E-state index contributed by atoms with van der Waals surface area (Å²) < 4.78 is 0. The van der Waals surface area contributed by atoms with Gasteiger partial charge in [0.2, 0.25) is 5.91 Å². The van der Waals surface area contributed by atoms with Gasteiger partial charge < -0.3 is 14.8 Å². The van der Waals surface area contributed by atoms with Gasteiger partial charge in [0.15, 0.2) is 0 Å². The topological polar surface area (TPSA) is 39.3 Å². The largest absolute Gasteiger partial charge is 0.356 e. The van der Waals surface area contributed by atoms with Crippen molar-refractivity contribution in [1.29, 1.82) is 0 Å². The van der Waals surface area contributed by atoms with E-state index in [2.05, 4.69) is 90.3 Å². The summed E-state index contributed by atoms with van der Waals surface area (Å²) in [6.07, 6.45) is 5.34. The molecule has 1 saturated carbocycles. The minimum absolute atomic E-state index is 0.151. The van der Waals surface area contributed by atoms with Crippen LogP contribution >= 0.6 is 0 Å². The molecule has 2 aliphatic rings. The van der Waals surface area contributed by atoms with Gasteiger partial charge in [-0.2, -0.15) is 0 Å². The Balaban J connectivity index is 1.22. The summed E-state index contributed by atoms with van der Waals surface area (Å²) >= 11 is 0. The third-order valence-corrected chi connectivity index (χ3v) is 8.06. The molecule has 34 heavy (non-hydrogen) atoms. The van der Waals surface area contributed by atoms with Crippen LogP contribution in [0.15, 0.2) is 54.6 Å². The van der Waals surface area contributed by atoms with Crippen LogP contribution in [0.5, 0.6) is 0 Å². The fraction of sp³-hybridized carbons (Fsp3) is 0.500. The number of carbonyl (C=O) groups is 1. The highest BCUT2D eigenvalue weighted by atomic mass is 16.2. The Labute approximate surface area is 204 Å². The SMILES string of the molecule is CC(C)C1c2[nH]c3ccccc3c2CCN1C(=O)[C@H]1CC[C@H](CN(C)Cc2ccccc2)CC1. The number of aromatic amines is 1. The molecule has 0 bridgehead atoms. The van der Waals surface area contributed by atoms with E-state index in [9.17, 15) is 4.79 Å². The van der Waals surface area contributed by atoms with Gasteiger partial charge in [-0.15, -0.1) is 0 Å². The van der Waals surface area contributed by atoms with Crippen LogP contribution in [0.25, 0.3) is 10.9 Å². The molecule has 1 amide bonds. The molecule has 5 rings (SSSR count). The number of hydrogen-bond acceptors (Lipinski definition) is 2. The number of nitrogens with zero attached hydrogens (tertiary/aromatic N) is 2. The fourth-order valence-electron chi connectivity index (χ4n) is 6.44. The van der Waals surface area contributed by atoms with E-state index in [-0.39, 0.29) is 12.0 Å². The zero-order valence-corrected chi connectivity index (χ0v) is 21.0. The number of aromatic nitrogens is 1. The molecular weight excluding hydrogens is 418 g/mol. The first-order chi connectivity index (χ1) is 16.5. The molecule has 0 spiro atoms. The second-order valence-corrected chi connectivity index (χ2v) is 10.9. The van der Waals surface area contributed by atoms with Crippen molar-refractivity contribution in [3.63, 3.8) is 0 Å². The van der Waals surface area contributed by atoms with Crippen molar-refractivity contribution in [3.05, 3.63) is 71.4 Å². The minimum Gasteiger partial charge on any atom is -0.356 e. The van der Waals surface area contributed by atoms with E-state index in [0.717, 1.165) is 51.7 Å². The zero-order valence-electron chi connectivity index (χ0n) is 21.0. The lowest BCUT2D eigenvalue weighted by atomic mass is 9.80. The maximum atomic E-state index is 13.8. The number of para-hydroxylation sites is 1. The first kappa shape index (κ1) is 23.2. The predicted molar refractivity (Wildman–Crippen MR) is 140 cm³/mol. The Kier molecular flexibility index (Phi) is 6.78. The van der Waals surface area contributed by atoms with Crippen LogP contribution in [0.3, 0.4) is 0 Å². The second-order valence-electron chi connectivity index (χ2n) is 10.9. The van der Waals surface area contributed by atoms with Gasteiger partial charge in [-0.1, -0.05) is 62.4 Å². The van der Waals surface area contributed by atoms with Gasteiger partial charge in [-0.25, -0.2) is 0 Å². The number of H-pyrrole nitrogens is 1. The molecule has 0 saturated heterocycles. The molecular formula is C30H39N3O. The highest BCUT2D eigenvalue weighted by Crippen LogP contribution is 2.40. The van der Waals surface area contributed by atoms with E-state index in [1.165, 1.54) is 27.7 Å². The molecule has 3 aromatic rings. The summed E-state index contributed by atoms with van der Waals surface area (Å²) in [4.78, 5) is 22.1. The second kappa shape index (κ2) is 9.95. The van der Waals surface area contributed by atoms with Crippen LogP contribution in [0.1, 0.15) is 62.4 Å². The van der Waals surface area contributed by atoms with Crippen molar-refractivity contribution in [1.82, 2.24) is 14.8 Å². The van der Waals surface area contributed by atoms with Gasteiger partial charge in [0.05, 0.1) is 6.04 Å². The first-order valence-corrected chi connectivity index (χ1v) is 13.1. The third-order valence-electron chi connectivity index (χ3n) is 8.06. The minimum atomic E-state index is 0.151. The highest BCUT2D eigenvalue weighted by Gasteiger charge is 2.38.